The van der Waals surface area contributed by atoms with Gasteiger partial charge in [0.1, 0.15) is 5.82 Å². The quantitative estimate of drug-likeness (QED) is 0.767. The Morgan fingerprint density at radius 3 is 2.50 bits per heavy atom. The SMILES string of the molecule is CCC(CN)(CO)c1ccccc1F. The van der Waals surface area contributed by atoms with Crippen LogP contribution in [0.4, 0.5) is 4.39 Å². The van der Waals surface area contributed by atoms with Crippen LogP contribution in [-0.2, 0) is 5.41 Å². The number of halogens is 1. The standard InChI is InChI=1S/C11H16FNO/c1-2-11(7-13,8-14)9-5-3-4-6-10(9)12/h3-6,14H,2,7-8,13H2,1H3. The molecule has 0 saturated carbocycles. The summed E-state index contributed by atoms with van der Waals surface area (Å²) in [4.78, 5) is 0. The van der Waals surface area contributed by atoms with E-state index >= 15 is 0 Å². The fraction of sp³-hybridized carbons (Fsp3) is 0.455. The Morgan fingerprint density at radius 2 is 2.07 bits per heavy atom. The van der Waals surface area contributed by atoms with Crippen LogP contribution in [0.2, 0.25) is 0 Å². The van der Waals surface area contributed by atoms with Crippen LogP contribution in [0.15, 0.2) is 24.3 Å². The highest BCUT2D eigenvalue weighted by Gasteiger charge is 2.30. The number of aliphatic hydroxyl groups is 1. The Hall–Kier alpha value is -0.930. The molecular weight excluding hydrogens is 181 g/mol. The lowest BCUT2D eigenvalue weighted by Gasteiger charge is -2.29. The van der Waals surface area contributed by atoms with Crippen molar-refractivity contribution in [2.75, 3.05) is 13.2 Å². The Kier molecular flexibility index (Phi) is 3.61. The molecule has 1 atom stereocenters. The first-order valence-corrected chi connectivity index (χ1v) is 4.76. The monoisotopic (exact) mass is 197 g/mol. The second-order valence-corrected chi connectivity index (χ2v) is 3.48. The largest absolute Gasteiger partial charge is 0.395 e. The topological polar surface area (TPSA) is 46.2 Å². The molecule has 0 spiro atoms. The van der Waals surface area contributed by atoms with Gasteiger partial charge in [-0.3, -0.25) is 0 Å². The van der Waals surface area contributed by atoms with Gasteiger partial charge in [-0.15, -0.1) is 0 Å². The molecule has 14 heavy (non-hydrogen) atoms. The van der Waals surface area contributed by atoms with Crippen molar-refractivity contribution in [2.24, 2.45) is 5.73 Å². The lowest BCUT2D eigenvalue weighted by Crippen LogP contribution is -2.39. The lowest BCUT2D eigenvalue weighted by molar-refractivity contribution is 0.189. The second kappa shape index (κ2) is 4.53. The molecule has 3 N–H and O–H groups in total. The van der Waals surface area contributed by atoms with Crippen molar-refractivity contribution in [1.29, 1.82) is 0 Å². The van der Waals surface area contributed by atoms with E-state index in [2.05, 4.69) is 0 Å². The predicted octanol–water partition coefficient (Wildman–Crippen LogP) is 1.42. The van der Waals surface area contributed by atoms with Gasteiger partial charge in [0.15, 0.2) is 0 Å². The first-order chi connectivity index (χ1) is 6.70. The van der Waals surface area contributed by atoms with Gasteiger partial charge in [-0.1, -0.05) is 25.1 Å². The minimum absolute atomic E-state index is 0.124. The summed E-state index contributed by atoms with van der Waals surface area (Å²) in [6, 6.07) is 6.47. The van der Waals surface area contributed by atoms with Crippen molar-refractivity contribution in [3.63, 3.8) is 0 Å². The number of nitrogens with two attached hydrogens (primary N) is 1. The highest BCUT2D eigenvalue weighted by Crippen LogP contribution is 2.28. The third-order valence-electron chi connectivity index (χ3n) is 2.82. The molecule has 1 aromatic rings. The zero-order valence-corrected chi connectivity index (χ0v) is 8.33. The third-order valence-corrected chi connectivity index (χ3v) is 2.82. The Labute approximate surface area is 83.6 Å². The Bertz CT molecular complexity index is 289. The van der Waals surface area contributed by atoms with Gasteiger partial charge in [-0.25, -0.2) is 4.39 Å². The van der Waals surface area contributed by atoms with E-state index < -0.39 is 5.41 Å². The molecular formula is C11H16FNO. The van der Waals surface area contributed by atoms with Gasteiger partial charge >= 0.3 is 0 Å². The normalized spacial score (nSPS) is 15.1. The summed E-state index contributed by atoms with van der Waals surface area (Å²) >= 11 is 0. The molecule has 1 aromatic carbocycles. The van der Waals surface area contributed by atoms with Crippen molar-refractivity contribution in [1.82, 2.24) is 0 Å². The first-order valence-electron chi connectivity index (χ1n) is 4.76. The predicted molar refractivity (Wildman–Crippen MR) is 54.5 cm³/mol. The van der Waals surface area contributed by atoms with Crippen molar-refractivity contribution in [3.05, 3.63) is 35.6 Å². The van der Waals surface area contributed by atoms with Crippen LogP contribution < -0.4 is 5.73 Å². The summed E-state index contributed by atoms with van der Waals surface area (Å²) in [5, 5.41) is 9.31. The molecule has 1 unspecified atom stereocenters. The molecule has 0 aliphatic carbocycles. The van der Waals surface area contributed by atoms with Crippen LogP contribution in [0.25, 0.3) is 0 Å². The van der Waals surface area contributed by atoms with Crippen LogP contribution in [0, 0.1) is 5.82 Å². The Morgan fingerprint density at radius 1 is 1.43 bits per heavy atom. The van der Waals surface area contributed by atoms with Gasteiger partial charge in [0.05, 0.1) is 6.61 Å². The van der Waals surface area contributed by atoms with Crippen molar-refractivity contribution in [3.8, 4) is 0 Å². The van der Waals surface area contributed by atoms with Crippen LogP contribution >= 0.6 is 0 Å². The Balaban J connectivity index is 3.17. The zero-order valence-electron chi connectivity index (χ0n) is 8.33. The molecule has 0 fully saturated rings. The van der Waals surface area contributed by atoms with Gasteiger partial charge in [-0.05, 0) is 18.1 Å². The second-order valence-electron chi connectivity index (χ2n) is 3.48. The number of hydrogen-bond donors (Lipinski definition) is 2. The average Bonchev–Trinajstić information content (AvgIpc) is 2.24. The van der Waals surface area contributed by atoms with E-state index in [0.29, 0.717) is 12.0 Å². The van der Waals surface area contributed by atoms with Crippen molar-refractivity contribution >= 4 is 0 Å². The molecule has 0 aliphatic rings. The van der Waals surface area contributed by atoms with E-state index in [1.54, 1.807) is 18.2 Å². The van der Waals surface area contributed by atoms with Gasteiger partial charge < -0.3 is 10.8 Å². The molecule has 0 heterocycles. The number of hydrogen-bond acceptors (Lipinski definition) is 2. The summed E-state index contributed by atoms with van der Waals surface area (Å²) in [7, 11) is 0. The van der Waals surface area contributed by atoms with Gasteiger partial charge in [0.2, 0.25) is 0 Å². The van der Waals surface area contributed by atoms with E-state index in [-0.39, 0.29) is 19.0 Å². The molecule has 0 aliphatic heterocycles. The molecule has 3 heteroatoms. The van der Waals surface area contributed by atoms with E-state index in [0.717, 1.165) is 0 Å². The van der Waals surface area contributed by atoms with E-state index in [1.165, 1.54) is 6.07 Å². The van der Waals surface area contributed by atoms with Gasteiger partial charge in [0, 0.05) is 12.0 Å². The minimum Gasteiger partial charge on any atom is -0.395 e. The van der Waals surface area contributed by atoms with E-state index in [9.17, 15) is 9.50 Å². The molecule has 78 valence electrons. The highest BCUT2D eigenvalue weighted by molar-refractivity contribution is 5.27. The molecule has 2 nitrogen and oxygen atoms in total. The average molecular weight is 197 g/mol. The zero-order chi connectivity index (χ0) is 10.6. The summed E-state index contributed by atoms with van der Waals surface area (Å²) in [5.74, 6) is -0.297. The van der Waals surface area contributed by atoms with Crippen LogP contribution in [0.5, 0.6) is 0 Å². The van der Waals surface area contributed by atoms with E-state index in [4.69, 9.17) is 5.73 Å². The maximum absolute atomic E-state index is 13.5. The van der Waals surface area contributed by atoms with E-state index in [1.807, 2.05) is 6.92 Å². The number of rotatable bonds is 4. The maximum atomic E-state index is 13.5. The molecule has 0 aromatic heterocycles. The molecule has 0 amide bonds. The summed E-state index contributed by atoms with van der Waals surface area (Å²) in [6.45, 7) is 2.03. The summed E-state index contributed by atoms with van der Waals surface area (Å²) in [6.07, 6.45) is 0.626. The number of aliphatic hydroxyl groups excluding tert-OH is 1. The molecule has 0 saturated heterocycles. The third kappa shape index (κ3) is 1.79. The van der Waals surface area contributed by atoms with Crippen molar-refractivity contribution < 1.29 is 9.50 Å². The molecule has 0 radical (unpaired) electrons. The number of benzene rings is 1. The fourth-order valence-electron chi connectivity index (χ4n) is 1.60. The molecule has 1 rings (SSSR count). The van der Waals surface area contributed by atoms with Crippen LogP contribution in [-0.4, -0.2) is 18.3 Å². The van der Waals surface area contributed by atoms with Crippen LogP contribution in [0.3, 0.4) is 0 Å². The van der Waals surface area contributed by atoms with Gasteiger partial charge in [-0.2, -0.15) is 0 Å². The van der Waals surface area contributed by atoms with Crippen molar-refractivity contribution in [2.45, 2.75) is 18.8 Å². The maximum Gasteiger partial charge on any atom is 0.127 e. The smallest absolute Gasteiger partial charge is 0.127 e. The van der Waals surface area contributed by atoms with Crippen LogP contribution in [0.1, 0.15) is 18.9 Å². The lowest BCUT2D eigenvalue weighted by atomic mass is 9.78. The first kappa shape index (κ1) is 11.1. The molecule has 0 bridgehead atoms. The fourth-order valence-corrected chi connectivity index (χ4v) is 1.60. The highest BCUT2D eigenvalue weighted by atomic mass is 19.1. The summed E-state index contributed by atoms with van der Waals surface area (Å²) in [5.41, 5.74) is 5.48. The summed E-state index contributed by atoms with van der Waals surface area (Å²) < 4.78 is 13.5. The van der Waals surface area contributed by atoms with Gasteiger partial charge in [0.25, 0.3) is 0 Å². The minimum atomic E-state index is -0.634.